The molecule has 0 radical (unpaired) electrons. The Balaban J connectivity index is 1.91. The summed E-state index contributed by atoms with van der Waals surface area (Å²) in [6.07, 6.45) is 10.3. The van der Waals surface area contributed by atoms with Crippen LogP contribution in [0.2, 0.25) is 0 Å². The minimum absolute atomic E-state index is 0.227. The van der Waals surface area contributed by atoms with Gasteiger partial charge in [-0.15, -0.1) is 0 Å². The van der Waals surface area contributed by atoms with Gasteiger partial charge in [0.15, 0.2) is 0 Å². The van der Waals surface area contributed by atoms with E-state index in [1.165, 1.54) is 55.3 Å². The number of rotatable bonds is 11. The molecule has 0 bridgehead atoms. The van der Waals surface area contributed by atoms with Crippen molar-refractivity contribution < 1.29 is 8.85 Å². The SMILES string of the molecule is CCCCCCO[Si](OC(C)C1CCCC1)(c1ccccc1)c1ccccc1. The molecule has 0 N–H and O–H groups in total. The molecule has 1 fully saturated rings. The lowest BCUT2D eigenvalue weighted by molar-refractivity contribution is 0.0995. The van der Waals surface area contributed by atoms with Gasteiger partial charge in [-0.3, -0.25) is 0 Å². The molecular weight excluding hydrogens is 360 g/mol. The van der Waals surface area contributed by atoms with Crippen LogP contribution in [-0.2, 0) is 8.85 Å². The van der Waals surface area contributed by atoms with E-state index >= 15 is 0 Å². The highest BCUT2D eigenvalue weighted by atomic mass is 28.4. The van der Waals surface area contributed by atoms with Crippen LogP contribution >= 0.6 is 0 Å². The van der Waals surface area contributed by atoms with Crippen LogP contribution in [0.5, 0.6) is 0 Å². The predicted octanol–water partition coefficient (Wildman–Crippen LogP) is 5.44. The molecule has 0 amide bonds. The van der Waals surface area contributed by atoms with Crippen molar-refractivity contribution in [2.45, 2.75) is 71.3 Å². The second-order valence-electron chi connectivity index (χ2n) is 8.13. The van der Waals surface area contributed by atoms with E-state index in [-0.39, 0.29) is 6.10 Å². The monoisotopic (exact) mass is 396 g/mol. The molecule has 28 heavy (non-hydrogen) atoms. The predicted molar refractivity (Wildman–Crippen MR) is 121 cm³/mol. The van der Waals surface area contributed by atoms with Gasteiger partial charge >= 0.3 is 8.56 Å². The largest absolute Gasteiger partial charge is 0.407 e. The van der Waals surface area contributed by atoms with Crippen molar-refractivity contribution in [2.24, 2.45) is 5.92 Å². The fourth-order valence-corrected chi connectivity index (χ4v) is 7.77. The van der Waals surface area contributed by atoms with Gasteiger partial charge in [0.1, 0.15) is 0 Å². The lowest BCUT2D eigenvalue weighted by Crippen LogP contribution is -2.65. The highest BCUT2D eigenvalue weighted by Gasteiger charge is 2.45. The molecule has 2 aromatic rings. The maximum Gasteiger partial charge on any atom is 0.407 e. The van der Waals surface area contributed by atoms with Crippen molar-refractivity contribution in [3.8, 4) is 0 Å². The zero-order chi connectivity index (χ0) is 19.7. The van der Waals surface area contributed by atoms with E-state index in [4.69, 9.17) is 8.85 Å². The van der Waals surface area contributed by atoms with Gasteiger partial charge in [0.05, 0.1) is 0 Å². The third-order valence-corrected chi connectivity index (χ3v) is 9.53. The van der Waals surface area contributed by atoms with Crippen LogP contribution in [0.1, 0.15) is 65.2 Å². The fraction of sp³-hybridized carbons (Fsp3) is 0.520. The number of hydrogen-bond donors (Lipinski definition) is 0. The Bertz CT molecular complexity index is 628. The van der Waals surface area contributed by atoms with Gasteiger partial charge in [0.2, 0.25) is 0 Å². The number of benzene rings is 2. The summed E-state index contributed by atoms with van der Waals surface area (Å²) in [5, 5.41) is 2.45. The van der Waals surface area contributed by atoms with Crippen molar-refractivity contribution >= 4 is 18.9 Å². The van der Waals surface area contributed by atoms with E-state index in [2.05, 4.69) is 74.5 Å². The lowest BCUT2D eigenvalue weighted by Gasteiger charge is -2.36. The molecule has 2 aromatic carbocycles. The summed E-state index contributed by atoms with van der Waals surface area (Å²) < 4.78 is 13.8. The first-order valence-electron chi connectivity index (χ1n) is 11.2. The van der Waals surface area contributed by atoms with E-state index in [1.807, 2.05) is 0 Å². The summed E-state index contributed by atoms with van der Waals surface area (Å²) in [5.41, 5.74) is 0. The minimum atomic E-state index is -2.74. The Morgan fingerprint density at radius 1 is 0.857 bits per heavy atom. The minimum Gasteiger partial charge on any atom is -0.388 e. The maximum atomic E-state index is 7.02. The van der Waals surface area contributed by atoms with Crippen molar-refractivity contribution in [3.05, 3.63) is 60.7 Å². The number of hydrogen-bond acceptors (Lipinski definition) is 2. The first-order chi connectivity index (χ1) is 13.8. The highest BCUT2D eigenvalue weighted by Crippen LogP contribution is 2.30. The normalized spacial score (nSPS) is 16.4. The van der Waals surface area contributed by atoms with Crippen molar-refractivity contribution in [3.63, 3.8) is 0 Å². The fourth-order valence-electron chi connectivity index (χ4n) is 4.35. The molecule has 152 valence electrons. The van der Waals surface area contributed by atoms with Crippen LogP contribution in [0.4, 0.5) is 0 Å². The second kappa shape index (κ2) is 10.9. The molecule has 3 rings (SSSR count). The van der Waals surface area contributed by atoms with Crippen LogP contribution in [0, 0.1) is 5.92 Å². The smallest absolute Gasteiger partial charge is 0.388 e. The van der Waals surface area contributed by atoms with Gasteiger partial charge in [-0.05, 0) is 42.5 Å². The first kappa shape index (κ1) is 21.3. The summed E-state index contributed by atoms with van der Waals surface area (Å²) in [5.74, 6) is 0.656. The molecule has 1 aliphatic rings. The molecule has 0 heterocycles. The lowest BCUT2D eigenvalue weighted by atomic mass is 10.0. The first-order valence-corrected chi connectivity index (χ1v) is 13.0. The van der Waals surface area contributed by atoms with E-state index in [0.717, 1.165) is 13.0 Å². The standard InChI is InChI=1S/C25H36O2Si/c1-3-4-5-14-21-26-28(24-17-8-6-9-18-24,25-19-10-7-11-20-25)27-22(2)23-15-12-13-16-23/h6-11,17-20,22-23H,3-5,12-16,21H2,1-2H3. The van der Waals surface area contributed by atoms with E-state index in [1.54, 1.807) is 0 Å². The van der Waals surface area contributed by atoms with Crippen LogP contribution < -0.4 is 10.4 Å². The van der Waals surface area contributed by atoms with E-state index in [9.17, 15) is 0 Å². The molecule has 1 atom stereocenters. The Morgan fingerprint density at radius 3 is 1.96 bits per heavy atom. The topological polar surface area (TPSA) is 18.5 Å². The van der Waals surface area contributed by atoms with E-state index < -0.39 is 8.56 Å². The summed E-state index contributed by atoms with van der Waals surface area (Å²) in [7, 11) is -2.74. The van der Waals surface area contributed by atoms with Crippen LogP contribution in [-0.4, -0.2) is 21.3 Å². The van der Waals surface area contributed by atoms with Crippen LogP contribution in [0.3, 0.4) is 0 Å². The third-order valence-electron chi connectivity index (χ3n) is 6.03. The summed E-state index contributed by atoms with van der Waals surface area (Å²) in [4.78, 5) is 0. The zero-order valence-corrected chi connectivity index (χ0v) is 18.6. The van der Waals surface area contributed by atoms with E-state index in [0.29, 0.717) is 5.92 Å². The van der Waals surface area contributed by atoms with Gasteiger partial charge in [0.25, 0.3) is 0 Å². The van der Waals surface area contributed by atoms with Gasteiger partial charge in [-0.2, -0.15) is 0 Å². The molecule has 1 unspecified atom stereocenters. The van der Waals surface area contributed by atoms with Crippen molar-refractivity contribution in [1.29, 1.82) is 0 Å². The molecule has 0 aliphatic heterocycles. The average Bonchev–Trinajstić information content (AvgIpc) is 3.29. The van der Waals surface area contributed by atoms with Crippen LogP contribution in [0.25, 0.3) is 0 Å². The quantitative estimate of drug-likeness (QED) is 0.372. The molecule has 0 aromatic heterocycles. The Morgan fingerprint density at radius 2 is 1.43 bits per heavy atom. The molecule has 3 heteroatoms. The van der Waals surface area contributed by atoms with Crippen molar-refractivity contribution in [1.82, 2.24) is 0 Å². The Labute approximate surface area is 172 Å². The molecule has 0 spiro atoms. The molecule has 1 aliphatic carbocycles. The molecular formula is C25H36O2Si. The second-order valence-corrected chi connectivity index (χ2v) is 11.0. The molecule has 2 nitrogen and oxygen atoms in total. The van der Waals surface area contributed by atoms with Gasteiger partial charge in [0, 0.05) is 12.7 Å². The summed E-state index contributed by atoms with van der Waals surface area (Å²) in [6, 6.07) is 21.4. The summed E-state index contributed by atoms with van der Waals surface area (Å²) in [6.45, 7) is 5.29. The maximum absolute atomic E-state index is 7.02. The van der Waals surface area contributed by atoms with Gasteiger partial charge in [-0.1, -0.05) is 99.7 Å². The van der Waals surface area contributed by atoms with Crippen LogP contribution in [0.15, 0.2) is 60.7 Å². The van der Waals surface area contributed by atoms with Crippen molar-refractivity contribution in [2.75, 3.05) is 6.61 Å². The van der Waals surface area contributed by atoms with Gasteiger partial charge < -0.3 is 8.85 Å². The highest BCUT2D eigenvalue weighted by molar-refractivity contribution is 6.92. The van der Waals surface area contributed by atoms with Gasteiger partial charge in [-0.25, -0.2) is 0 Å². The molecule has 1 saturated carbocycles. The summed E-state index contributed by atoms with van der Waals surface area (Å²) >= 11 is 0. The average molecular weight is 397 g/mol. The Kier molecular flexibility index (Phi) is 8.32. The Hall–Kier alpha value is -1.42. The number of unbranched alkanes of at least 4 members (excludes halogenated alkanes) is 3. The molecule has 0 saturated heterocycles. The third kappa shape index (κ3) is 5.34. The zero-order valence-electron chi connectivity index (χ0n) is 17.6.